The molecule has 8 nitrogen and oxygen atoms in total. The zero-order chi connectivity index (χ0) is 34.8. The molecule has 0 spiro atoms. The van der Waals surface area contributed by atoms with Crippen molar-refractivity contribution in [3.8, 4) is 44.8 Å². The average Bonchev–Trinajstić information content (AvgIpc) is 3.15. The summed E-state index contributed by atoms with van der Waals surface area (Å²) in [5.41, 5.74) is 7.83. The van der Waals surface area contributed by atoms with Crippen molar-refractivity contribution in [2.24, 2.45) is 0 Å². The molecule has 0 saturated carbocycles. The summed E-state index contributed by atoms with van der Waals surface area (Å²) >= 11 is 0. The van der Waals surface area contributed by atoms with Crippen LogP contribution in [-0.4, -0.2) is 36.1 Å². The van der Waals surface area contributed by atoms with E-state index in [0.29, 0.717) is 33.7 Å². The van der Waals surface area contributed by atoms with Crippen LogP contribution in [0.2, 0.25) is 0 Å². The molecule has 0 aliphatic rings. The summed E-state index contributed by atoms with van der Waals surface area (Å²) in [6.45, 7) is 11.9. The molecule has 0 radical (unpaired) electrons. The molecule has 0 aliphatic carbocycles. The van der Waals surface area contributed by atoms with Crippen LogP contribution in [0.1, 0.15) is 27.7 Å². The van der Waals surface area contributed by atoms with Crippen molar-refractivity contribution in [3.05, 3.63) is 130 Å². The zero-order valence-corrected chi connectivity index (χ0v) is 28.6. The number of benzene rings is 4. The molecule has 0 unspecified atom stereocenters. The zero-order valence-electron chi connectivity index (χ0n) is 28.6. The van der Waals surface area contributed by atoms with E-state index in [0.717, 1.165) is 70.6 Å². The lowest BCUT2D eigenvalue weighted by atomic mass is 10.0. The second-order valence-corrected chi connectivity index (χ2v) is 12.1. The number of fused-ring (bicyclic) bond motifs is 2. The highest BCUT2D eigenvalue weighted by atomic mass is 16.4. The molecule has 50 heavy (non-hydrogen) atoms. The molecule has 7 rings (SSSR count). The van der Waals surface area contributed by atoms with Gasteiger partial charge in [0, 0.05) is 71.6 Å². The average molecular weight is 663 g/mol. The van der Waals surface area contributed by atoms with Gasteiger partial charge in [-0.3, -0.25) is 9.97 Å². The summed E-state index contributed by atoms with van der Waals surface area (Å²) in [6.07, 6.45) is 3.44. The molecular formula is C42H38N4O4. The maximum absolute atomic E-state index is 13.1. The normalized spacial score (nSPS) is 11.3. The lowest BCUT2D eigenvalue weighted by Gasteiger charge is -2.21. The number of aromatic nitrogens is 2. The second-order valence-electron chi connectivity index (χ2n) is 12.1. The first-order valence-electron chi connectivity index (χ1n) is 17.1. The third-order valence-electron chi connectivity index (χ3n) is 9.29. The van der Waals surface area contributed by atoms with Crippen molar-refractivity contribution < 1.29 is 8.83 Å². The maximum Gasteiger partial charge on any atom is 0.344 e. The highest BCUT2D eigenvalue weighted by Gasteiger charge is 2.14. The van der Waals surface area contributed by atoms with Gasteiger partial charge in [-0.05, 0) is 87.4 Å². The van der Waals surface area contributed by atoms with Crippen molar-refractivity contribution in [3.63, 3.8) is 0 Å². The van der Waals surface area contributed by atoms with E-state index in [4.69, 9.17) is 18.8 Å². The third kappa shape index (κ3) is 6.28. The molecule has 4 aromatic carbocycles. The smallest absolute Gasteiger partial charge is 0.344 e. The van der Waals surface area contributed by atoms with Gasteiger partial charge in [0.2, 0.25) is 0 Å². The predicted octanol–water partition coefficient (Wildman–Crippen LogP) is 9.05. The molecule has 0 atom stereocenters. The highest BCUT2D eigenvalue weighted by molar-refractivity contribution is 5.86. The van der Waals surface area contributed by atoms with Crippen molar-refractivity contribution in [2.45, 2.75) is 27.7 Å². The quantitative estimate of drug-likeness (QED) is 0.134. The summed E-state index contributed by atoms with van der Waals surface area (Å²) in [5.74, 6) is 0. The first kappa shape index (κ1) is 32.5. The first-order chi connectivity index (χ1) is 24.4. The topological polar surface area (TPSA) is 92.7 Å². The van der Waals surface area contributed by atoms with Gasteiger partial charge in [-0.2, -0.15) is 0 Å². The van der Waals surface area contributed by atoms with E-state index in [1.807, 2.05) is 84.9 Å². The number of hydrogen-bond donors (Lipinski definition) is 0. The molecule has 0 amide bonds. The summed E-state index contributed by atoms with van der Waals surface area (Å²) in [5, 5.41) is 1.72. The Balaban J connectivity index is 1.15. The molecule has 0 fully saturated rings. The van der Waals surface area contributed by atoms with Crippen molar-refractivity contribution in [2.75, 3.05) is 36.0 Å². The molecule has 3 heterocycles. The molecule has 8 heteroatoms. The lowest BCUT2D eigenvalue weighted by molar-refractivity contribution is 0.563. The van der Waals surface area contributed by atoms with Gasteiger partial charge in [0.1, 0.15) is 11.2 Å². The standard InChI is InChI=1S/C42H38N4O4/c1-5-45(6-2)33-17-15-31-21-35(41(47)49-39(31)23-33)27-11-9-13-29(19-27)37-25-44-38(26-43-37)30-14-10-12-28(20-30)36-22-32-16-18-34(46(7-3)8-4)24-40(32)50-42(36)48/h9-26H,5-8H2,1-4H3. The maximum atomic E-state index is 13.1. The Labute approximate surface area is 290 Å². The van der Waals surface area contributed by atoms with Crippen molar-refractivity contribution >= 4 is 33.3 Å². The Morgan fingerprint density at radius 2 is 0.900 bits per heavy atom. The number of rotatable bonds is 10. The van der Waals surface area contributed by atoms with Gasteiger partial charge in [-0.15, -0.1) is 0 Å². The highest BCUT2D eigenvalue weighted by Crippen LogP contribution is 2.30. The molecular weight excluding hydrogens is 624 g/mol. The third-order valence-corrected chi connectivity index (χ3v) is 9.29. The van der Waals surface area contributed by atoms with E-state index in [2.05, 4.69) is 49.6 Å². The minimum absolute atomic E-state index is 0.391. The first-order valence-corrected chi connectivity index (χ1v) is 17.1. The van der Waals surface area contributed by atoms with Crippen LogP contribution in [0.5, 0.6) is 0 Å². The molecule has 0 aliphatic heterocycles. The fourth-order valence-electron chi connectivity index (χ4n) is 6.49. The number of anilines is 2. The Bertz CT molecular complexity index is 2270. The monoisotopic (exact) mass is 662 g/mol. The Morgan fingerprint density at radius 1 is 0.500 bits per heavy atom. The van der Waals surface area contributed by atoms with Gasteiger partial charge in [0.25, 0.3) is 0 Å². The molecule has 3 aromatic heterocycles. The van der Waals surface area contributed by atoms with Gasteiger partial charge in [0.15, 0.2) is 0 Å². The van der Waals surface area contributed by atoms with Crippen LogP contribution in [0.25, 0.3) is 66.7 Å². The van der Waals surface area contributed by atoms with Crippen LogP contribution in [0.3, 0.4) is 0 Å². The Kier molecular flexibility index (Phi) is 9.00. The Morgan fingerprint density at radius 3 is 1.28 bits per heavy atom. The molecule has 0 saturated heterocycles. The van der Waals surface area contributed by atoms with Crippen molar-refractivity contribution in [1.29, 1.82) is 0 Å². The van der Waals surface area contributed by atoms with Crippen LogP contribution < -0.4 is 21.1 Å². The predicted molar refractivity (Wildman–Crippen MR) is 203 cm³/mol. The number of hydrogen-bond acceptors (Lipinski definition) is 8. The summed E-state index contributed by atoms with van der Waals surface area (Å²) in [4.78, 5) is 40.2. The fourth-order valence-corrected chi connectivity index (χ4v) is 6.49. The van der Waals surface area contributed by atoms with Gasteiger partial charge >= 0.3 is 11.3 Å². The summed E-state index contributed by atoms with van der Waals surface area (Å²) in [7, 11) is 0. The van der Waals surface area contributed by atoms with Crippen molar-refractivity contribution in [1.82, 2.24) is 9.97 Å². The SMILES string of the molecule is CCN(CC)c1ccc2cc(-c3cccc(-c4cnc(-c5cccc(-c6cc7ccc(N(CC)CC)cc7oc6=O)c5)cn4)c3)c(=O)oc2c1. The number of nitrogens with zero attached hydrogens (tertiary/aromatic N) is 4. The Hall–Kier alpha value is -6.02. The van der Waals surface area contributed by atoms with E-state index in [1.165, 1.54) is 0 Å². The van der Waals surface area contributed by atoms with Gasteiger partial charge in [-0.1, -0.05) is 36.4 Å². The van der Waals surface area contributed by atoms with Gasteiger partial charge in [-0.25, -0.2) is 9.59 Å². The molecule has 7 aromatic rings. The summed E-state index contributed by atoms with van der Waals surface area (Å²) in [6, 6.07) is 31.0. The van der Waals surface area contributed by atoms with E-state index in [1.54, 1.807) is 12.4 Å². The minimum Gasteiger partial charge on any atom is -0.422 e. The van der Waals surface area contributed by atoms with E-state index in [9.17, 15) is 9.59 Å². The van der Waals surface area contributed by atoms with E-state index < -0.39 is 11.3 Å². The molecule has 250 valence electrons. The van der Waals surface area contributed by atoms with Crippen LogP contribution in [0.4, 0.5) is 11.4 Å². The fraction of sp³-hybridized carbons (Fsp3) is 0.190. The van der Waals surface area contributed by atoms with E-state index >= 15 is 0 Å². The van der Waals surface area contributed by atoms with Gasteiger partial charge < -0.3 is 18.6 Å². The molecule has 0 N–H and O–H groups in total. The van der Waals surface area contributed by atoms with Crippen LogP contribution in [0, 0.1) is 0 Å². The van der Waals surface area contributed by atoms with Crippen LogP contribution in [-0.2, 0) is 0 Å². The van der Waals surface area contributed by atoms with Crippen LogP contribution in [0.15, 0.2) is 128 Å². The lowest BCUT2D eigenvalue weighted by Crippen LogP contribution is -2.21. The van der Waals surface area contributed by atoms with Crippen LogP contribution >= 0.6 is 0 Å². The van der Waals surface area contributed by atoms with E-state index in [-0.39, 0.29) is 0 Å². The van der Waals surface area contributed by atoms with Gasteiger partial charge in [0.05, 0.1) is 34.9 Å². The summed E-state index contributed by atoms with van der Waals surface area (Å²) < 4.78 is 11.6. The molecule has 0 bridgehead atoms. The second kappa shape index (κ2) is 13.8. The largest absolute Gasteiger partial charge is 0.422 e. The minimum atomic E-state index is -0.391.